The summed E-state index contributed by atoms with van der Waals surface area (Å²) in [6.45, 7) is 12.5. The Morgan fingerprint density at radius 3 is 2.18 bits per heavy atom. The Hall–Kier alpha value is -0.220. The van der Waals surface area contributed by atoms with Crippen LogP contribution in [0.25, 0.3) is 0 Å². The summed E-state index contributed by atoms with van der Waals surface area (Å²) in [5, 5.41) is 4.32. The third kappa shape index (κ3) is 6.32. The maximum atomic E-state index is 11.9. The van der Waals surface area contributed by atoms with Gasteiger partial charge in [-0.2, -0.15) is 11.8 Å². The molecule has 0 fully saturated rings. The summed E-state index contributed by atoms with van der Waals surface area (Å²) in [6.07, 6.45) is 0.778. The molecule has 0 saturated carbocycles. The number of esters is 1. The molecule has 0 aromatic carbocycles. The Kier molecular flexibility index (Phi) is 7.17. The van der Waals surface area contributed by atoms with Gasteiger partial charge in [-0.1, -0.05) is 20.8 Å². The van der Waals surface area contributed by atoms with Gasteiger partial charge in [0.2, 0.25) is 0 Å². The lowest BCUT2D eigenvalue weighted by Gasteiger charge is -2.32. The number of ether oxygens (including phenoxy) is 1. The SMILES string of the molecule is COC(=O)C(C)(CC(C)SC(C)C)NC(C)C. The fourth-order valence-corrected chi connectivity index (χ4v) is 3.51. The normalized spacial score (nSPS) is 17.0. The van der Waals surface area contributed by atoms with E-state index in [9.17, 15) is 4.79 Å². The maximum absolute atomic E-state index is 11.9. The Balaban J connectivity index is 4.64. The summed E-state index contributed by atoms with van der Waals surface area (Å²) in [6, 6.07) is 0.260. The number of hydrogen-bond acceptors (Lipinski definition) is 4. The predicted molar refractivity (Wildman–Crippen MR) is 75.5 cm³/mol. The van der Waals surface area contributed by atoms with Crippen molar-refractivity contribution in [2.45, 2.75) is 70.0 Å². The van der Waals surface area contributed by atoms with Crippen molar-refractivity contribution in [1.82, 2.24) is 5.32 Å². The Labute approximate surface area is 110 Å². The first-order valence-corrected chi connectivity index (χ1v) is 7.17. The van der Waals surface area contributed by atoms with Gasteiger partial charge in [-0.15, -0.1) is 0 Å². The molecule has 3 nitrogen and oxygen atoms in total. The van der Waals surface area contributed by atoms with E-state index in [2.05, 4.69) is 26.1 Å². The highest BCUT2D eigenvalue weighted by atomic mass is 32.2. The van der Waals surface area contributed by atoms with Crippen LogP contribution in [0.2, 0.25) is 0 Å². The quantitative estimate of drug-likeness (QED) is 0.715. The van der Waals surface area contributed by atoms with Crippen LogP contribution in [-0.4, -0.2) is 35.2 Å². The Morgan fingerprint density at radius 2 is 1.82 bits per heavy atom. The molecule has 4 heteroatoms. The zero-order valence-corrected chi connectivity index (χ0v) is 13.0. The van der Waals surface area contributed by atoms with Crippen molar-refractivity contribution >= 4 is 17.7 Å². The second-order valence-corrected chi connectivity index (χ2v) is 7.34. The van der Waals surface area contributed by atoms with Crippen molar-refractivity contribution in [3.8, 4) is 0 Å². The van der Waals surface area contributed by atoms with Crippen molar-refractivity contribution in [1.29, 1.82) is 0 Å². The monoisotopic (exact) mass is 261 g/mol. The molecule has 2 atom stereocenters. The van der Waals surface area contributed by atoms with Gasteiger partial charge in [-0.25, -0.2) is 0 Å². The highest BCUT2D eigenvalue weighted by molar-refractivity contribution is 8.00. The zero-order valence-electron chi connectivity index (χ0n) is 12.2. The fraction of sp³-hybridized carbons (Fsp3) is 0.923. The first kappa shape index (κ1) is 16.8. The van der Waals surface area contributed by atoms with Crippen LogP contribution in [0.5, 0.6) is 0 Å². The van der Waals surface area contributed by atoms with E-state index in [-0.39, 0.29) is 12.0 Å². The molecule has 0 aliphatic heterocycles. The van der Waals surface area contributed by atoms with Gasteiger partial charge >= 0.3 is 5.97 Å². The van der Waals surface area contributed by atoms with E-state index >= 15 is 0 Å². The molecule has 0 heterocycles. The van der Waals surface area contributed by atoms with E-state index in [4.69, 9.17) is 4.74 Å². The van der Waals surface area contributed by atoms with Crippen LogP contribution in [0.15, 0.2) is 0 Å². The van der Waals surface area contributed by atoms with Crippen LogP contribution in [0.4, 0.5) is 0 Å². The number of carbonyl (C=O) groups is 1. The summed E-state index contributed by atoms with van der Waals surface area (Å²) in [7, 11) is 1.45. The van der Waals surface area contributed by atoms with E-state index in [1.54, 1.807) is 0 Å². The summed E-state index contributed by atoms with van der Waals surface area (Å²) in [5.74, 6) is -0.178. The number of carbonyl (C=O) groups excluding carboxylic acids is 1. The lowest BCUT2D eigenvalue weighted by atomic mass is 9.95. The molecule has 0 radical (unpaired) electrons. The van der Waals surface area contributed by atoms with Gasteiger partial charge in [0.1, 0.15) is 5.54 Å². The molecule has 102 valence electrons. The molecular weight excluding hydrogens is 234 g/mol. The lowest BCUT2D eigenvalue weighted by molar-refractivity contribution is -0.148. The molecule has 0 bridgehead atoms. The van der Waals surface area contributed by atoms with Crippen molar-refractivity contribution < 1.29 is 9.53 Å². The smallest absolute Gasteiger partial charge is 0.325 e. The van der Waals surface area contributed by atoms with Gasteiger partial charge in [0.15, 0.2) is 0 Å². The van der Waals surface area contributed by atoms with Gasteiger partial charge in [0, 0.05) is 11.3 Å². The molecule has 2 unspecified atom stereocenters. The second kappa shape index (κ2) is 7.27. The van der Waals surface area contributed by atoms with Crippen molar-refractivity contribution in [3.05, 3.63) is 0 Å². The zero-order chi connectivity index (χ0) is 13.6. The van der Waals surface area contributed by atoms with Crippen molar-refractivity contribution in [2.24, 2.45) is 0 Å². The summed E-state index contributed by atoms with van der Waals surface area (Å²) >= 11 is 1.89. The number of hydrogen-bond donors (Lipinski definition) is 1. The molecule has 0 amide bonds. The third-order valence-electron chi connectivity index (χ3n) is 2.44. The number of nitrogens with one attached hydrogen (secondary N) is 1. The second-order valence-electron chi connectivity index (χ2n) is 5.32. The van der Waals surface area contributed by atoms with Crippen LogP contribution < -0.4 is 5.32 Å². The number of thioether (sulfide) groups is 1. The predicted octanol–water partition coefficient (Wildman–Crippen LogP) is 2.84. The first-order valence-electron chi connectivity index (χ1n) is 6.23. The van der Waals surface area contributed by atoms with E-state index < -0.39 is 5.54 Å². The average molecular weight is 261 g/mol. The highest BCUT2D eigenvalue weighted by Crippen LogP contribution is 2.26. The molecule has 0 rings (SSSR count). The van der Waals surface area contributed by atoms with Gasteiger partial charge < -0.3 is 4.74 Å². The molecule has 17 heavy (non-hydrogen) atoms. The van der Waals surface area contributed by atoms with Gasteiger partial charge in [0.25, 0.3) is 0 Å². The molecule has 0 aromatic rings. The van der Waals surface area contributed by atoms with E-state index in [0.29, 0.717) is 10.5 Å². The molecular formula is C13H27NO2S. The molecule has 0 aliphatic carbocycles. The lowest BCUT2D eigenvalue weighted by Crippen LogP contribution is -2.54. The summed E-state index contributed by atoms with van der Waals surface area (Å²) in [4.78, 5) is 11.9. The van der Waals surface area contributed by atoms with Crippen LogP contribution in [-0.2, 0) is 9.53 Å². The van der Waals surface area contributed by atoms with Crippen molar-refractivity contribution in [3.63, 3.8) is 0 Å². The van der Waals surface area contributed by atoms with Crippen molar-refractivity contribution in [2.75, 3.05) is 7.11 Å². The molecule has 1 N–H and O–H groups in total. The van der Waals surface area contributed by atoms with Crippen LogP contribution in [0.3, 0.4) is 0 Å². The highest BCUT2D eigenvalue weighted by Gasteiger charge is 2.36. The molecule has 0 aromatic heterocycles. The maximum Gasteiger partial charge on any atom is 0.325 e. The van der Waals surface area contributed by atoms with E-state index in [1.165, 1.54) is 7.11 Å². The third-order valence-corrected chi connectivity index (χ3v) is 3.62. The van der Waals surface area contributed by atoms with E-state index in [1.807, 2.05) is 32.5 Å². The minimum atomic E-state index is -0.593. The van der Waals surface area contributed by atoms with Crippen LogP contribution >= 0.6 is 11.8 Å². The number of methoxy groups -OCH3 is 1. The summed E-state index contributed by atoms with van der Waals surface area (Å²) in [5.41, 5.74) is -0.593. The van der Waals surface area contributed by atoms with E-state index in [0.717, 1.165) is 6.42 Å². The van der Waals surface area contributed by atoms with Gasteiger partial charge in [-0.3, -0.25) is 10.1 Å². The summed E-state index contributed by atoms with van der Waals surface area (Å²) < 4.78 is 4.91. The van der Waals surface area contributed by atoms with Crippen LogP contribution in [0.1, 0.15) is 48.0 Å². The largest absolute Gasteiger partial charge is 0.468 e. The Morgan fingerprint density at radius 1 is 1.29 bits per heavy atom. The molecule has 0 aliphatic rings. The van der Waals surface area contributed by atoms with Gasteiger partial charge in [-0.05, 0) is 32.4 Å². The Bertz CT molecular complexity index is 244. The first-order chi connectivity index (χ1) is 7.71. The minimum absolute atomic E-state index is 0.178. The molecule has 0 spiro atoms. The minimum Gasteiger partial charge on any atom is -0.468 e. The number of rotatable bonds is 7. The van der Waals surface area contributed by atoms with Crippen LogP contribution in [0, 0.1) is 0 Å². The topological polar surface area (TPSA) is 38.3 Å². The van der Waals surface area contributed by atoms with Gasteiger partial charge in [0.05, 0.1) is 7.11 Å². The average Bonchev–Trinajstić information content (AvgIpc) is 2.13. The molecule has 0 saturated heterocycles. The standard InChI is InChI=1S/C13H27NO2S/c1-9(2)14-13(6,12(15)16-7)8-11(5)17-10(3)4/h9-11,14H,8H2,1-7H3. The fourth-order valence-electron chi connectivity index (χ4n) is 2.15.